The molecule has 0 aliphatic rings. The normalized spacial score (nSPS) is 11.5. The Labute approximate surface area is 151 Å². The van der Waals surface area contributed by atoms with E-state index in [9.17, 15) is 9.18 Å². The number of allylic oxidation sites excluding steroid dienone is 2. The average Bonchev–Trinajstić information content (AvgIpc) is 2.60. The maximum atomic E-state index is 14.2. The molecule has 0 aliphatic heterocycles. The second kappa shape index (κ2) is 11.7. The van der Waals surface area contributed by atoms with Gasteiger partial charge in [0.2, 0.25) is 0 Å². The summed E-state index contributed by atoms with van der Waals surface area (Å²) in [4.78, 5) is 12.1. The molecular formula is C21H31FO3. The van der Waals surface area contributed by atoms with Crippen LogP contribution in [0.5, 0.6) is 11.5 Å². The number of benzene rings is 1. The van der Waals surface area contributed by atoms with Crippen LogP contribution in [0.4, 0.5) is 4.39 Å². The van der Waals surface area contributed by atoms with Gasteiger partial charge in [-0.2, -0.15) is 0 Å². The molecule has 25 heavy (non-hydrogen) atoms. The third-order valence-electron chi connectivity index (χ3n) is 4.30. The van der Waals surface area contributed by atoms with Gasteiger partial charge in [-0.15, -0.1) is 0 Å². The van der Waals surface area contributed by atoms with Crippen molar-refractivity contribution in [3.05, 3.63) is 29.6 Å². The number of halogens is 1. The molecule has 0 spiro atoms. The zero-order valence-electron chi connectivity index (χ0n) is 16.0. The fraction of sp³-hybridized carbons (Fsp3) is 0.571. The molecule has 0 bridgehead atoms. The summed E-state index contributed by atoms with van der Waals surface area (Å²) in [6.07, 6.45) is 10.3. The summed E-state index contributed by atoms with van der Waals surface area (Å²) in [5, 5.41) is 0. The van der Waals surface area contributed by atoms with E-state index in [-0.39, 0.29) is 5.78 Å². The Hall–Kier alpha value is -1.84. The first kappa shape index (κ1) is 21.2. The lowest BCUT2D eigenvalue weighted by atomic mass is 10.0. The molecule has 0 heterocycles. The Morgan fingerprint density at radius 1 is 1.00 bits per heavy atom. The molecule has 0 atom stereocenters. The first-order valence-electron chi connectivity index (χ1n) is 9.16. The molecule has 0 aromatic heterocycles. The quantitative estimate of drug-likeness (QED) is 0.345. The average molecular weight is 350 g/mol. The van der Waals surface area contributed by atoms with E-state index in [1.807, 2.05) is 0 Å². The summed E-state index contributed by atoms with van der Waals surface area (Å²) in [7, 11) is 2.97. The number of carbonyl (C=O) groups excluding carboxylic acids is 1. The van der Waals surface area contributed by atoms with Crippen molar-refractivity contribution in [2.75, 3.05) is 14.2 Å². The minimum atomic E-state index is -0.421. The molecule has 3 nitrogen and oxygen atoms in total. The minimum Gasteiger partial charge on any atom is -0.493 e. The Bertz CT molecular complexity index is 579. The summed E-state index contributed by atoms with van der Waals surface area (Å²) in [5.41, 5.74) is 0.969. The van der Waals surface area contributed by atoms with E-state index in [0.717, 1.165) is 12.8 Å². The summed E-state index contributed by atoms with van der Waals surface area (Å²) >= 11 is 0. The summed E-state index contributed by atoms with van der Waals surface area (Å²) in [6, 6.07) is 2.85. The first-order valence-corrected chi connectivity index (χ1v) is 9.16. The van der Waals surface area contributed by atoms with E-state index < -0.39 is 5.82 Å². The van der Waals surface area contributed by atoms with Crippen molar-refractivity contribution in [1.82, 2.24) is 0 Å². The molecule has 1 aromatic rings. The van der Waals surface area contributed by atoms with Crippen molar-refractivity contribution in [2.45, 2.75) is 65.2 Å². The number of hydrogen-bond donors (Lipinski definition) is 0. The van der Waals surface area contributed by atoms with Gasteiger partial charge in [0.1, 0.15) is 5.82 Å². The Balaban J connectivity index is 2.58. The van der Waals surface area contributed by atoms with Gasteiger partial charge in [-0.3, -0.25) is 4.79 Å². The molecule has 0 N–H and O–H groups in total. The van der Waals surface area contributed by atoms with Gasteiger partial charge < -0.3 is 9.47 Å². The highest BCUT2D eigenvalue weighted by Crippen LogP contribution is 2.32. The van der Waals surface area contributed by atoms with E-state index in [2.05, 4.69) is 6.92 Å². The van der Waals surface area contributed by atoms with Crippen molar-refractivity contribution in [2.24, 2.45) is 0 Å². The number of carbonyl (C=O) groups is 1. The molecule has 0 saturated heterocycles. The third-order valence-corrected chi connectivity index (χ3v) is 4.30. The van der Waals surface area contributed by atoms with E-state index >= 15 is 0 Å². The highest BCUT2D eigenvalue weighted by molar-refractivity contribution is 5.96. The van der Waals surface area contributed by atoms with Gasteiger partial charge >= 0.3 is 0 Å². The number of rotatable bonds is 12. The van der Waals surface area contributed by atoms with Gasteiger partial charge in [0.25, 0.3) is 0 Å². The van der Waals surface area contributed by atoms with Crippen LogP contribution in [0.2, 0.25) is 0 Å². The van der Waals surface area contributed by atoms with Gasteiger partial charge in [0.05, 0.1) is 14.2 Å². The zero-order valence-corrected chi connectivity index (χ0v) is 16.0. The number of hydrogen-bond acceptors (Lipinski definition) is 3. The number of unbranched alkanes of at least 4 members (excludes halogenated alkanes) is 6. The van der Waals surface area contributed by atoms with Gasteiger partial charge in [-0.25, -0.2) is 4.39 Å². The van der Waals surface area contributed by atoms with Crippen LogP contribution in [0.15, 0.2) is 18.2 Å². The van der Waals surface area contributed by atoms with Crippen LogP contribution in [-0.2, 0) is 4.79 Å². The molecule has 0 amide bonds. The highest BCUT2D eigenvalue weighted by Gasteiger charge is 2.13. The molecule has 0 unspecified atom stereocenters. The lowest BCUT2D eigenvalue weighted by Crippen LogP contribution is -1.98. The Kier molecular flexibility index (Phi) is 9.90. The van der Waals surface area contributed by atoms with E-state index in [0.29, 0.717) is 29.1 Å². The highest BCUT2D eigenvalue weighted by atomic mass is 19.1. The van der Waals surface area contributed by atoms with E-state index in [1.54, 1.807) is 13.0 Å². The first-order chi connectivity index (χ1) is 12.0. The predicted molar refractivity (Wildman–Crippen MR) is 101 cm³/mol. The Morgan fingerprint density at radius 3 is 2.16 bits per heavy atom. The molecular weight excluding hydrogens is 319 g/mol. The largest absolute Gasteiger partial charge is 0.493 e. The second-order valence-electron chi connectivity index (χ2n) is 6.35. The zero-order chi connectivity index (χ0) is 18.7. The molecule has 0 aliphatic carbocycles. The number of ketones is 1. The molecule has 1 rings (SSSR count). The lowest BCUT2D eigenvalue weighted by molar-refractivity contribution is -0.114. The molecule has 1 aromatic carbocycles. The van der Waals surface area contributed by atoms with Crippen molar-refractivity contribution >= 4 is 11.4 Å². The van der Waals surface area contributed by atoms with Gasteiger partial charge in [0, 0.05) is 18.1 Å². The Morgan fingerprint density at radius 2 is 1.56 bits per heavy atom. The van der Waals surface area contributed by atoms with Crippen LogP contribution in [0.1, 0.15) is 70.8 Å². The molecule has 0 saturated carbocycles. The maximum Gasteiger partial charge on any atom is 0.163 e. The van der Waals surface area contributed by atoms with Gasteiger partial charge in [-0.1, -0.05) is 45.4 Å². The van der Waals surface area contributed by atoms with Crippen LogP contribution in [0, 0.1) is 5.82 Å². The van der Waals surface area contributed by atoms with E-state index in [1.165, 1.54) is 58.5 Å². The van der Waals surface area contributed by atoms with Gasteiger partial charge in [-0.05, 0) is 31.1 Å². The van der Waals surface area contributed by atoms with Crippen LogP contribution in [0.25, 0.3) is 5.57 Å². The smallest absolute Gasteiger partial charge is 0.163 e. The molecule has 0 radical (unpaired) electrons. The minimum absolute atomic E-state index is 0.0419. The lowest BCUT2D eigenvalue weighted by Gasteiger charge is -2.11. The number of methoxy groups -OCH3 is 2. The second-order valence-corrected chi connectivity index (χ2v) is 6.35. The SMILES string of the molecule is CCCCCCCCCC(=O)/C=C(\C)c1cc(OC)c(OC)cc1F. The van der Waals surface area contributed by atoms with Crippen molar-refractivity contribution < 1.29 is 18.7 Å². The fourth-order valence-electron chi connectivity index (χ4n) is 2.80. The third kappa shape index (κ3) is 7.29. The molecule has 140 valence electrons. The van der Waals surface area contributed by atoms with Crippen molar-refractivity contribution in [1.29, 1.82) is 0 Å². The fourth-order valence-corrected chi connectivity index (χ4v) is 2.80. The van der Waals surface area contributed by atoms with Gasteiger partial charge in [0.15, 0.2) is 17.3 Å². The summed E-state index contributed by atoms with van der Waals surface area (Å²) in [6.45, 7) is 3.95. The summed E-state index contributed by atoms with van der Waals surface area (Å²) < 4.78 is 24.5. The topological polar surface area (TPSA) is 35.5 Å². The van der Waals surface area contributed by atoms with Crippen LogP contribution >= 0.6 is 0 Å². The predicted octanol–water partition coefficient (Wildman–Crippen LogP) is 5.96. The molecule has 0 fully saturated rings. The monoisotopic (exact) mass is 350 g/mol. The summed E-state index contributed by atoms with van der Waals surface area (Å²) in [5.74, 6) is 0.410. The maximum absolute atomic E-state index is 14.2. The van der Waals surface area contributed by atoms with Crippen molar-refractivity contribution in [3.63, 3.8) is 0 Å². The van der Waals surface area contributed by atoms with Crippen LogP contribution < -0.4 is 9.47 Å². The number of ether oxygens (including phenoxy) is 2. The van der Waals surface area contributed by atoms with E-state index in [4.69, 9.17) is 9.47 Å². The molecule has 4 heteroatoms. The van der Waals surface area contributed by atoms with Crippen LogP contribution in [-0.4, -0.2) is 20.0 Å². The standard InChI is InChI=1S/C21H31FO3/c1-5-6-7-8-9-10-11-12-17(23)13-16(2)18-14-20(24-3)21(25-4)15-19(18)22/h13-15H,5-12H2,1-4H3/b16-13+. The van der Waals surface area contributed by atoms with Crippen molar-refractivity contribution in [3.8, 4) is 11.5 Å². The van der Waals surface area contributed by atoms with Crippen LogP contribution in [0.3, 0.4) is 0 Å².